The van der Waals surface area contributed by atoms with E-state index in [0.717, 1.165) is 25.9 Å². The van der Waals surface area contributed by atoms with E-state index in [1.807, 2.05) is 4.90 Å². The van der Waals surface area contributed by atoms with Gasteiger partial charge in [-0.15, -0.1) is 0 Å². The van der Waals surface area contributed by atoms with E-state index in [0.29, 0.717) is 31.9 Å². The minimum atomic E-state index is -2.32. The zero-order valence-electron chi connectivity index (χ0n) is 13.9. The number of carbonyl (C=O) groups is 1. The number of halogens is 3. The molecule has 6 nitrogen and oxygen atoms in total. The Morgan fingerprint density at radius 1 is 1.28 bits per heavy atom. The summed E-state index contributed by atoms with van der Waals surface area (Å²) in [6.07, 6.45) is 2.59. The van der Waals surface area contributed by atoms with E-state index < -0.39 is 6.43 Å². The van der Waals surface area contributed by atoms with Gasteiger partial charge < -0.3 is 10.2 Å². The lowest BCUT2D eigenvalue weighted by Crippen LogP contribution is -2.46. The lowest BCUT2D eigenvalue weighted by Gasteiger charge is -2.32. The Morgan fingerprint density at radius 2 is 1.96 bits per heavy atom. The third-order valence-electron chi connectivity index (χ3n) is 4.65. The Kier molecular flexibility index (Phi) is 6.01. The maximum Gasteiger partial charge on any atom is 0.271 e. The van der Waals surface area contributed by atoms with Gasteiger partial charge in [-0.1, -0.05) is 11.6 Å². The second-order valence-electron chi connectivity index (χ2n) is 6.50. The molecule has 0 aliphatic carbocycles. The van der Waals surface area contributed by atoms with E-state index in [1.165, 1.54) is 6.20 Å². The van der Waals surface area contributed by atoms with Crippen molar-refractivity contribution in [2.45, 2.75) is 38.2 Å². The Bertz CT molecular complexity index is 604. The lowest BCUT2D eigenvalue weighted by atomic mass is 10.0. The van der Waals surface area contributed by atoms with Gasteiger partial charge in [0, 0.05) is 32.2 Å². The second kappa shape index (κ2) is 8.23. The first-order valence-electron chi connectivity index (χ1n) is 8.62. The van der Waals surface area contributed by atoms with Crippen molar-refractivity contribution < 1.29 is 13.6 Å². The first-order valence-corrected chi connectivity index (χ1v) is 8.99. The molecule has 2 fully saturated rings. The summed E-state index contributed by atoms with van der Waals surface area (Å²) in [6, 6.07) is -0.0531. The van der Waals surface area contributed by atoms with Crippen LogP contribution >= 0.6 is 11.6 Å². The maximum absolute atomic E-state index is 12.5. The number of amides is 1. The van der Waals surface area contributed by atoms with E-state index in [-0.39, 0.29) is 29.2 Å². The van der Waals surface area contributed by atoms with Crippen LogP contribution in [0, 0.1) is 0 Å². The number of rotatable bonds is 5. The van der Waals surface area contributed by atoms with Crippen LogP contribution in [0.3, 0.4) is 0 Å². The topological polar surface area (TPSA) is 61.4 Å². The van der Waals surface area contributed by atoms with Crippen molar-refractivity contribution in [3.8, 4) is 0 Å². The molecule has 0 atom stereocenters. The van der Waals surface area contributed by atoms with Gasteiger partial charge in [0.1, 0.15) is 0 Å². The summed E-state index contributed by atoms with van der Waals surface area (Å²) in [5.74, 6) is 0.193. The summed E-state index contributed by atoms with van der Waals surface area (Å²) in [4.78, 5) is 24.8. The van der Waals surface area contributed by atoms with Crippen molar-refractivity contribution in [3.63, 3.8) is 0 Å². The number of piperidine rings is 1. The Balaban J connectivity index is 1.59. The summed E-state index contributed by atoms with van der Waals surface area (Å²) < 4.78 is 24.8. The van der Waals surface area contributed by atoms with Crippen molar-refractivity contribution in [2.24, 2.45) is 0 Å². The minimum absolute atomic E-state index is 0.0531. The lowest BCUT2D eigenvalue weighted by molar-refractivity contribution is 0.0695. The molecular formula is C16H22ClF2N5O. The fourth-order valence-corrected chi connectivity index (χ4v) is 3.47. The number of nitrogens with zero attached hydrogens (tertiary/aromatic N) is 4. The highest BCUT2D eigenvalue weighted by Crippen LogP contribution is 2.20. The summed E-state index contributed by atoms with van der Waals surface area (Å²) in [6.45, 7) is 2.64. The van der Waals surface area contributed by atoms with Gasteiger partial charge >= 0.3 is 0 Å². The van der Waals surface area contributed by atoms with Crippen LogP contribution in [-0.2, 0) is 0 Å². The van der Waals surface area contributed by atoms with Crippen molar-refractivity contribution in [1.82, 2.24) is 20.2 Å². The van der Waals surface area contributed by atoms with Crippen LogP contribution < -0.4 is 10.2 Å². The van der Waals surface area contributed by atoms with Crippen molar-refractivity contribution in [1.29, 1.82) is 0 Å². The van der Waals surface area contributed by atoms with E-state index in [1.54, 1.807) is 4.90 Å². The van der Waals surface area contributed by atoms with Crippen molar-refractivity contribution >= 4 is 23.5 Å². The molecule has 0 saturated carbocycles. The smallest absolute Gasteiger partial charge is 0.271 e. The van der Waals surface area contributed by atoms with Gasteiger partial charge in [-0.2, -0.15) is 0 Å². The molecule has 138 valence electrons. The predicted molar refractivity (Wildman–Crippen MR) is 91.4 cm³/mol. The molecule has 2 aliphatic rings. The third-order valence-corrected chi connectivity index (χ3v) is 4.93. The zero-order valence-corrected chi connectivity index (χ0v) is 14.7. The number of hydrogen-bond acceptors (Lipinski definition) is 5. The molecule has 1 aromatic rings. The van der Waals surface area contributed by atoms with E-state index in [9.17, 15) is 13.6 Å². The van der Waals surface area contributed by atoms with Crippen molar-refractivity contribution in [3.05, 3.63) is 16.9 Å². The highest BCUT2D eigenvalue weighted by molar-refractivity contribution is 6.33. The molecule has 0 spiro atoms. The van der Waals surface area contributed by atoms with Crippen LogP contribution in [0.1, 0.15) is 36.2 Å². The molecule has 0 radical (unpaired) electrons. The van der Waals surface area contributed by atoms with E-state index in [2.05, 4.69) is 15.3 Å². The van der Waals surface area contributed by atoms with Gasteiger partial charge in [0.05, 0.1) is 17.8 Å². The van der Waals surface area contributed by atoms with Gasteiger partial charge in [0.15, 0.2) is 5.69 Å². The normalized spacial score (nSPS) is 19.6. The fraction of sp³-hybridized carbons (Fsp3) is 0.688. The highest BCUT2D eigenvalue weighted by Gasteiger charge is 2.25. The molecule has 1 amide bonds. The summed E-state index contributed by atoms with van der Waals surface area (Å²) in [5, 5.41) is 3.14. The minimum Gasteiger partial charge on any atom is -0.348 e. The molecule has 9 heteroatoms. The van der Waals surface area contributed by atoms with E-state index in [4.69, 9.17) is 11.6 Å². The quantitative estimate of drug-likeness (QED) is 0.857. The van der Waals surface area contributed by atoms with Crippen molar-refractivity contribution in [2.75, 3.05) is 37.6 Å². The fourth-order valence-electron chi connectivity index (χ4n) is 3.30. The molecule has 0 bridgehead atoms. The number of alkyl halides is 2. The van der Waals surface area contributed by atoms with Gasteiger partial charge in [0.25, 0.3) is 12.3 Å². The summed E-state index contributed by atoms with van der Waals surface area (Å²) in [7, 11) is 0. The van der Waals surface area contributed by atoms with Crippen LogP contribution in [0.5, 0.6) is 0 Å². The second-order valence-corrected chi connectivity index (χ2v) is 6.91. The molecule has 3 heterocycles. The molecule has 1 N–H and O–H groups in total. The van der Waals surface area contributed by atoms with Crippen LogP contribution in [0.15, 0.2) is 6.20 Å². The molecule has 25 heavy (non-hydrogen) atoms. The number of aromatic nitrogens is 2. The largest absolute Gasteiger partial charge is 0.348 e. The average Bonchev–Trinajstić information content (AvgIpc) is 3.11. The number of hydrogen-bond donors (Lipinski definition) is 1. The molecule has 2 saturated heterocycles. The average molecular weight is 374 g/mol. The Morgan fingerprint density at radius 3 is 2.60 bits per heavy atom. The molecular weight excluding hydrogens is 352 g/mol. The molecule has 0 unspecified atom stereocenters. The first-order chi connectivity index (χ1) is 12.0. The number of carbonyl (C=O) groups excluding carboxylic acids is 1. The number of nitrogens with one attached hydrogen (secondary N) is 1. The van der Waals surface area contributed by atoms with Gasteiger partial charge in [-0.3, -0.25) is 9.69 Å². The summed E-state index contributed by atoms with van der Waals surface area (Å²) >= 11 is 6.10. The van der Waals surface area contributed by atoms with Crippen LogP contribution in [0.25, 0.3) is 0 Å². The van der Waals surface area contributed by atoms with Crippen LogP contribution in [0.4, 0.5) is 14.7 Å². The molecule has 3 rings (SSSR count). The highest BCUT2D eigenvalue weighted by atomic mass is 35.5. The summed E-state index contributed by atoms with van der Waals surface area (Å²) in [5.41, 5.74) is 0.175. The Hall–Kier alpha value is -1.54. The van der Waals surface area contributed by atoms with Gasteiger partial charge in [-0.05, 0) is 25.7 Å². The Labute approximate surface area is 150 Å². The standard InChI is InChI=1S/C16H22ClF2N5O/c17-12-9-20-16(24-5-1-2-6-24)22-14(12)15(25)21-11-3-7-23(8-4-11)10-13(18)19/h9,11,13H,1-8,10H2,(H,21,25). The molecule has 1 aromatic heterocycles. The van der Waals surface area contributed by atoms with Crippen LogP contribution in [-0.4, -0.2) is 66.0 Å². The van der Waals surface area contributed by atoms with Gasteiger partial charge in [0.2, 0.25) is 5.95 Å². The third kappa shape index (κ3) is 4.76. The van der Waals surface area contributed by atoms with E-state index >= 15 is 0 Å². The SMILES string of the molecule is O=C(NC1CCN(CC(F)F)CC1)c1nc(N2CCCC2)ncc1Cl. The molecule has 2 aliphatic heterocycles. The first kappa shape index (κ1) is 18.3. The molecule has 0 aromatic carbocycles. The van der Waals surface area contributed by atoms with Crippen LogP contribution in [0.2, 0.25) is 5.02 Å². The number of anilines is 1. The number of likely N-dealkylation sites (tertiary alicyclic amines) is 1. The predicted octanol–water partition coefficient (Wildman–Crippen LogP) is 2.19. The monoisotopic (exact) mass is 373 g/mol. The van der Waals surface area contributed by atoms with Gasteiger partial charge in [-0.25, -0.2) is 18.7 Å². The zero-order chi connectivity index (χ0) is 17.8. The maximum atomic E-state index is 12.5.